The summed E-state index contributed by atoms with van der Waals surface area (Å²) in [5.41, 5.74) is 6.81. The quantitative estimate of drug-likeness (QED) is 0.613. The fraction of sp³-hybridized carbons (Fsp3) is 0.400. The maximum Gasteiger partial charge on any atom is 0.270 e. The Morgan fingerprint density at radius 2 is 1.65 bits per heavy atom. The highest BCUT2D eigenvalue weighted by Gasteiger charge is 2.23. The van der Waals surface area contributed by atoms with Crippen molar-refractivity contribution < 1.29 is 13.9 Å². The number of rotatable bonds is 5. The average molecular weight is 363 g/mol. The van der Waals surface area contributed by atoms with Crippen molar-refractivity contribution in [2.75, 3.05) is 0 Å². The summed E-state index contributed by atoms with van der Waals surface area (Å²) >= 11 is 0. The minimum Gasteiger partial charge on any atom is -0.386 e. The summed E-state index contributed by atoms with van der Waals surface area (Å²) in [7, 11) is 0. The Morgan fingerprint density at radius 1 is 1.08 bits per heavy atom. The molecule has 4 nitrogen and oxygen atoms in total. The largest absolute Gasteiger partial charge is 0.386 e. The normalized spacial score (nSPS) is 12.4. The van der Waals surface area contributed by atoms with Crippen LogP contribution in [0.3, 0.4) is 0 Å². The van der Waals surface area contributed by atoms with Crippen LogP contribution in [0.25, 0.3) is 0 Å². The average Bonchev–Trinajstić information content (AvgIpc) is 2.60. The zero-order valence-electron chi connectivity index (χ0n) is 15.9. The molecule has 1 heterocycles. The summed E-state index contributed by atoms with van der Waals surface area (Å²) in [6.45, 7) is 8.46. The van der Waals surface area contributed by atoms with Crippen LogP contribution in [-0.4, -0.2) is 15.9 Å². The second-order valence-electron chi connectivity index (χ2n) is 6.28. The number of hydrogen-bond donors (Lipinski definition) is 2. The number of amidine groups is 1. The Labute approximate surface area is 153 Å². The monoisotopic (exact) mass is 363 g/mol. The van der Waals surface area contributed by atoms with E-state index in [1.165, 1.54) is 12.1 Å². The molecule has 0 saturated carbocycles. The fourth-order valence-corrected chi connectivity index (χ4v) is 2.11. The third-order valence-electron chi connectivity index (χ3n) is 3.62. The van der Waals surface area contributed by atoms with Crippen molar-refractivity contribution in [2.45, 2.75) is 52.7 Å². The van der Waals surface area contributed by atoms with E-state index in [0.717, 1.165) is 12.5 Å². The van der Waals surface area contributed by atoms with Gasteiger partial charge in [-0.25, -0.2) is 8.78 Å². The van der Waals surface area contributed by atoms with Crippen molar-refractivity contribution in [1.82, 2.24) is 4.98 Å². The lowest BCUT2D eigenvalue weighted by Crippen LogP contribution is -2.20. The predicted molar refractivity (Wildman–Crippen MR) is 101 cm³/mol. The van der Waals surface area contributed by atoms with Crippen LogP contribution in [0.15, 0.2) is 47.6 Å². The third kappa shape index (κ3) is 6.19. The zero-order chi connectivity index (χ0) is 20.0. The molecule has 0 spiro atoms. The number of alkyl halides is 2. The number of nitrogens with zero attached hydrogens (tertiary/aromatic N) is 2. The van der Waals surface area contributed by atoms with Gasteiger partial charge < -0.3 is 10.8 Å². The van der Waals surface area contributed by atoms with Crippen molar-refractivity contribution in [3.8, 4) is 0 Å². The Kier molecular flexibility index (Phi) is 7.39. The molecule has 1 aromatic carbocycles. The van der Waals surface area contributed by atoms with Crippen LogP contribution in [0.1, 0.15) is 57.0 Å². The van der Waals surface area contributed by atoms with E-state index in [1.807, 2.05) is 13.8 Å². The maximum atomic E-state index is 13.2. The number of pyridine rings is 1. The van der Waals surface area contributed by atoms with E-state index in [4.69, 9.17) is 5.73 Å². The molecule has 6 heteroatoms. The molecule has 0 aliphatic heterocycles. The van der Waals surface area contributed by atoms with Gasteiger partial charge in [0.25, 0.3) is 5.92 Å². The Morgan fingerprint density at radius 3 is 2.15 bits per heavy atom. The molecule has 0 radical (unpaired) electrons. The van der Waals surface area contributed by atoms with Gasteiger partial charge in [-0.3, -0.25) is 9.98 Å². The number of aliphatic imine (C=N–C) groups is 1. The van der Waals surface area contributed by atoms with Crippen molar-refractivity contribution in [2.24, 2.45) is 10.7 Å². The van der Waals surface area contributed by atoms with Gasteiger partial charge in [-0.15, -0.1) is 0 Å². The van der Waals surface area contributed by atoms with Gasteiger partial charge in [0.2, 0.25) is 0 Å². The molecular formula is C20H27F2N3O. The lowest BCUT2D eigenvalue weighted by Gasteiger charge is -2.17. The molecule has 0 aliphatic rings. The zero-order valence-corrected chi connectivity index (χ0v) is 15.9. The van der Waals surface area contributed by atoms with E-state index in [1.54, 1.807) is 44.3 Å². The van der Waals surface area contributed by atoms with Gasteiger partial charge >= 0.3 is 0 Å². The molecule has 2 rings (SSSR count). The first-order valence-electron chi connectivity index (χ1n) is 8.54. The van der Waals surface area contributed by atoms with E-state index < -0.39 is 11.5 Å². The molecule has 1 aromatic heterocycles. The number of halogens is 2. The van der Waals surface area contributed by atoms with Crippen LogP contribution in [0.5, 0.6) is 0 Å². The van der Waals surface area contributed by atoms with Crippen LogP contribution >= 0.6 is 0 Å². The molecular weight excluding hydrogens is 336 g/mol. The van der Waals surface area contributed by atoms with Crippen LogP contribution in [0.2, 0.25) is 0 Å². The number of aliphatic hydroxyl groups is 1. The highest BCUT2D eigenvalue weighted by molar-refractivity contribution is 5.95. The molecule has 142 valence electrons. The summed E-state index contributed by atoms with van der Waals surface area (Å²) in [6, 6.07) is 9.36. The molecule has 0 amide bonds. The second-order valence-corrected chi connectivity index (χ2v) is 6.28. The summed E-state index contributed by atoms with van der Waals surface area (Å²) < 4.78 is 26.4. The summed E-state index contributed by atoms with van der Waals surface area (Å²) in [4.78, 5) is 8.39. The molecule has 0 saturated heterocycles. The third-order valence-corrected chi connectivity index (χ3v) is 3.62. The van der Waals surface area contributed by atoms with Crippen molar-refractivity contribution in [3.05, 3.63) is 65.0 Å². The highest BCUT2D eigenvalue weighted by atomic mass is 19.3. The topological polar surface area (TPSA) is 71.5 Å². The van der Waals surface area contributed by atoms with E-state index in [0.29, 0.717) is 11.3 Å². The van der Waals surface area contributed by atoms with E-state index in [-0.39, 0.29) is 17.9 Å². The van der Waals surface area contributed by atoms with Gasteiger partial charge in [0.1, 0.15) is 11.5 Å². The summed E-state index contributed by atoms with van der Waals surface area (Å²) in [5, 5.41) is 10.0. The molecule has 0 fully saturated rings. The molecule has 0 bridgehead atoms. The van der Waals surface area contributed by atoms with Crippen LogP contribution in [0, 0.1) is 0 Å². The van der Waals surface area contributed by atoms with Gasteiger partial charge in [-0.05, 0) is 37.1 Å². The SMILES string of the molecule is CC.CC(C)(O)c1ccnc(C(N)=NCc2ccc(C(C)(F)F)cc2)c1. The Hall–Kier alpha value is -2.34. The molecule has 0 atom stereocenters. The van der Waals surface area contributed by atoms with Gasteiger partial charge in [0, 0.05) is 18.7 Å². The van der Waals surface area contributed by atoms with Crippen LogP contribution < -0.4 is 5.73 Å². The Bertz CT molecular complexity index is 730. The summed E-state index contributed by atoms with van der Waals surface area (Å²) in [5.74, 6) is -2.63. The first kappa shape index (κ1) is 21.7. The minimum absolute atomic E-state index is 0.0391. The number of benzene rings is 1. The maximum absolute atomic E-state index is 13.2. The first-order chi connectivity index (χ1) is 12.1. The van der Waals surface area contributed by atoms with E-state index in [2.05, 4.69) is 9.98 Å². The standard InChI is InChI=1S/C18H21F2N3O.C2H6/c1-17(2,24)14-8-9-22-15(10-14)16(21)23-11-12-4-6-13(7-5-12)18(3,19)20;1-2/h4-10,24H,11H2,1-3H3,(H2,21,23);1-2H3. The fourth-order valence-electron chi connectivity index (χ4n) is 2.11. The molecule has 26 heavy (non-hydrogen) atoms. The Balaban J connectivity index is 0.00000163. The van der Waals surface area contributed by atoms with Crippen molar-refractivity contribution >= 4 is 5.84 Å². The molecule has 0 aliphatic carbocycles. The van der Waals surface area contributed by atoms with Gasteiger partial charge in [-0.1, -0.05) is 38.1 Å². The van der Waals surface area contributed by atoms with Crippen molar-refractivity contribution in [1.29, 1.82) is 0 Å². The van der Waals surface area contributed by atoms with Gasteiger partial charge in [-0.2, -0.15) is 0 Å². The summed E-state index contributed by atoms with van der Waals surface area (Å²) in [6.07, 6.45) is 1.56. The number of hydrogen-bond acceptors (Lipinski definition) is 3. The van der Waals surface area contributed by atoms with E-state index >= 15 is 0 Å². The lowest BCUT2D eigenvalue weighted by molar-refractivity contribution is 0.0174. The number of aromatic nitrogens is 1. The second kappa shape index (κ2) is 8.85. The molecule has 0 unspecified atom stereocenters. The van der Waals surface area contributed by atoms with E-state index in [9.17, 15) is 13.9 Å². The smallest absolute Gasteiger partial charge is 0.270 e. The molecule has 2 aromatic rings. The lowest BCUT2D eigenvalue weighted by atomic mass is 9.99. The number of nitrogens with two attached hydrogens (primary N) is 1. The van der Waals surface area contributed by atoms with Gasteiger partial charge in [0.05, 0.1) is 12.1 Å². The highest BCUT2D eigenvalue weighted by Crippen LogP contribution is 2.26. The van der Waals surface area contributed by atoms with Gasteiger partial charge in [0.15, 0.2) is 0 Å². The minimum atomic E-state index is -2.86. The van der Waals surface area contributed by atoms with Crippen LogP contribution in [-0.2, 0) is 18.1 Å². The molecule has 3 N–H and O–H groups in total. The van der Waals surface area contributed by atoms with Crippen molar-refractivity contribution in [3.63, 3.8) is 0 Å². The van der Waals surface area contributed by atoms with Crippen LogP contribution in [0.4, 0.5) is 8.78 Å². The predicted octanol–water partition coefficient (Wildman–Crippen LogP) is 4.35. The first-order valence-corrected chi connectivity index (χ1v) is 8.54.